The maximum absolute atomic E-state index is 12.7. The lowest BCUT2D eigenvalue weighted by atomic mass is 10.1. The summed E-state index contributed by atoms with van der Waals surface area (Å²) in [5.41, 5.74) is -0.198. The number of rotatable bonds is 4. The van der Waals surface area contributed by atoms with Crippen LogP contribution < -0.4 is 5.32 Å². The Morgan fingerprint density at radius 2 is 1.63 bits per heavy atom. The molecule has 1 aromatic rings. The zero-order chi connectivity index (χ0) is 13.6. The van der Waals surface area contributed by atoms with Crippen molar-refractivity contribution in [2.24, 2.45) is 11.8 Å². The van der Waals surface area contributed by atoms with Gasteiger partial charge in [-0.05, 0) is 55.7 Å². The minimum absolute atomic E-state index is 0.127. The van der Waals surface area contributed by atoms with Crippen molar-refractivity contribution in [3.05, 3.63) is 28.8 Å². The van der Waals surface area contributed by atoms with E-state index in [9.17, 15) is 13.2 Å². The Labute approximate surface area is 115 Å². The van der Waals surface area contributed by atoms with E-state index in [0.29, 0.717) is 23.6 Å². The minimum atomic E-state index is -4.35. The lowest BCUT2D eigenvalue weighted by molar-refractivity contribution is -0.137. The van der Waals surface area contributed by atoms with Gasteiger partial charge in [-0.25, -0.2) is 0 Å². The Kier molecular flexibility index (Phi) is 3.16. The zero-order valence-electron chi connectivity index (χ0n) is 10.3. The van der Waals surface area contributed by atoms with Crippen LogP contribution in [0.4, 0.5) is 18.9 Å². The Morgan fingerprint density at radius 1 is 1.05 bits per heavy atom. The fourth-order valence-corrected chi connectivity index (χ4v) is 2.80. The molecule has 2 fully saturated rings. The molecule has 0 amide bonds. The van der Waals surface area contributed by atoms with E-state index in [1.807, 2.05) is 0 Å². The Morgan fingerprint density at radius 3 is 2.11 bits per heavy atom. The SMILES string of the molecule is FC(F)(F)c1cc(Cl)cc(NC(C2CC2)C2CC2)c1. The molecule has 104 valence electrons. The highest BCUT2D eigenvalue weighted by molar-refractivity contribution is 6.30. The standard InChI is InChI=1S/C14H15ClF3N/c15-11-5-10(14(16,17)18)6-12(7-11)19-13(8-1-2-8)9-3-4-9/h5-9,13,19H,1-4H2. The van der Waals surface area contributed by atoms with Gasteiger partial charge in [0.05, 0.1) is 5.56 Å². The summed E-state index contributed by atoms with van der Waals surface area (Å²) in [6.45, 7) is 0. The summed E-state index contributed by atoms with van der Waals surface area (Å²) in [5.74, 6) is 1.25. The van der Waals surface area contributed by atoms with Crippen LogP contribution >= 0.6 is 11.6 Å². The van der Waals surface area contributed by atoms with Crippen LogP contribution in [0.3, 0.4) is 0 Å². The molecule has 0 aromatic heterocycles. The van der Waals surface area contributed by atoms with Gasteiger partial charge in [-0.1, -0.05) is 11.6 Å². The second-order valence-corrected chi connectivity index (χ2v) is 6.01. The molecule has 0 spiro atoms. The summed E-state index contributed by atoms with van der Waals surface area (Å²) in [5, 5.41) is 3.40. The van der Waals surface area contributed by atoms with Crippen molar-refractivity contribution in [1.82, 2.24) is 0 Å². The number of halogens is 4. The number of benzene rings is 1. The summed E-state index contributed by atoms with van der Waals surface area (Å²) < 4.78 is 38.2. The molecule has 5 heteroatoms. The van der Waals surface area contributed by atoms with E-state index in [2.05, 4.69) is 5.32 Å². The predicted octanol–water partition coefficient (Wildman–Crippen LogP) is 4.96. The minimum Gasteiger partial charge on any atom is -0.382 e. The molecule has 0 heterocycles. The van der Waals surface area contributed by atoms with Gasteiger partial charge in [-0.3, -0.25) is 0 Å². The van der Waals surface area contributed by atoms with Crippen molar-refractivity contribution in [3.63, 3.8) is 0 Å². The first-order valence-corrected chi connectivity index (χ1v) is 6.95. The summed E-state index contributed by atoms with van der Waals surface area (Å²) in [7, 11) is 0. The van der Waals surface area contributed by atoms with Crippen LogP contribution in [0.25, 0.3) is 0 Å². The molecule has 0 radical (unpaired) electrons. The van der Waals surface area contributed by atoms with E-state index in [4.69, 9.17) is 11.6 Å². The normalized spacial score (nSPS) is 19.8. The van der Waals surface area contributed by atoms with Crippen LogP contribution in [-0.2, 0) is 6.18 Å². The van der Waals surface area contributed by atoms with Crippen LogP contribution in [-0.4, -0.2) is 6.04 Å². The van der Waals surface area contributed by atoms with Gasteiger partial charge >= 0.3 is 6.18 Å². The van der Waals surface area contributed by atoms with Crippen molar-refractivity contribution in [2.45, 2.75) is 37.9 Å². The van der Waals surface area contributed by atoms with Crippen molar-refractivity contribution in [3.8, 4) is 0 Å². The molecule has 0 atom stereocenters. The molecule has 0 unspecified atom stereocenters. The third-order valence-corrected chi connectivity index (χ3v) is 4.04. The van der Waals surface area contributed by atoms with E-state index < -0.39 is 11.7 Å². The zero-order valence-corrected chi connectivity index (χ0v) is 11.1. The first-order chi connectivity index (χ1) is 8.93. The first kappa shape index (κ1) is 13.1. The van der Waals surface area contributed by atoms with Gasteiger partial charge in [0.2, 0.25) is 0 Å². The average molecular weight is 290 g/mol. The highest BCUT2D eigenvalue weighted by Crippen LogP contribution is 2.46. The van der Waals surface area contributed by atoms with Crippen LogP contribution in [0.5, 0.6) is 0 Å². The summed E-state index contributed by atoms with van der Waals surface area (Å²) >= 11 is 5.79. The first-order valence-electron chi connectivity index (χ1n) is 6.58. The van der Waals surface area contributed by atoms with Gasteiger partial charge < -0.3 is 5.32 Å². The molecular formula is C14H15ClF3N. The number of nitrogens with one attached hydrogen (secondary N) is 1. The van der Waals surface area contributed by atoms with Crippen molar-refractivity contribution >= 4 is 17.3 Å². The quantitative estimate of drug-likeness (QED) is 0.826. The highest BCUT2D eigenvalue weighted by atomic mass is 35.5. The van der Waals surface area contributed by atoms with Gasteiger partial charge in [-0.15, -0.1) is 0 Å². The molecule has 3 rings (SSSR count). The number of alkyl halides is 3. The molecule has 0 aliphatic heterocycles. The van der Waals surface area contributed by atoms with E-state index in [1.165, 1.54) is 25.7 Å². The molecule has 2 aliphatic rings. The van der Waals surface area contributed by atoms with Gasteiger partial charge in [0.1, 0.15) is 0 Å². The molecule has 1 N–H and O–H groups in total. The number of hydrogen-bond acceptors (Lipinski definition) is 1. The summed E-state index contributed by atoms with van der Waals surface area (Å²) in [6, 6.07) is 4.02. The Hall–Kier alpha value is -0.900. The molecule has 2 aliphatic carbocycles. The van der Waals surface area contributed by atoms with Gasteiger partial charge in [-0.2, -0.15) is 13.2 Å². The summed E-state index contributed by atoms with van der Waals surface area (Å²) in [4.78, 5) is 0. The second-order valence-electron chi connectivity index (χ2n) is 5.57. The van der Waals surface area contributed by atoms with E-state index >= 15 is 0 Å². The summed E-state index contributed by atoms with van der Waals surface area (Å²) in [6.07, 6.45) is 0.374. The van der Waals surface area contributed by atoms with Crippen LogP contribution in [0.2, 0.25) is 5.02 Å². The van der Waals surface area contributed by atoms with Crippen LogP contribution in [0.1, 0.15) is 31.2 Å². The molecule has 1 aromatic carbocycles. The van der Waals surface area contributed by atoms with Gasteiger partial charge in [0.25, 0.3) is 0 Å². The van der Waals surface area contributed by atoms with Crippen molar-refractivity contribution in [1.29, 1.82) is 0 Å². The van der Waals surface area contributed by atoms with Crippen molar-refractivity contribution < 1.29 is 13.2 Å². The highest BCUT2D eigenvalue weighted by Gasteiger charge is 2.41. The number of hydrogen-bond donors (Lipinski definition) is 1. The Bertz CT molecular complexity index is 466. The molecule has 1 nitrogen and oxygen atoms in total. The lowest BCUT2D eigenvalue weighted by Gasteiger charge is -2.20. The van der Waals surface area contributed by atoms with Crippen molar-refractivity contribution in [2.75, 3.05) is 5.32 Å². The molecule has 19 heavy (non-hydrogen) atoms. The topological polar surface area (TPSA) is 12.0 Å². The van der Waals surface area contributed by atoms with Gasteiger partial charge in [0, 0.05) is 16.8 Å². The van der Waals surface area contributed by atoms with E-state index in [0.717, 1.165) is 12.1 Å². The average Bonchev–Trinajstić information content (AvgIpc) is 3.16. The monoisotopic (exact) mass is 289 g/mol. The third-order valence-electron chi connectivity index (χ3n) is 3.82. The lowest BCUT2D eigenvalue weighted by Crippen LogP contribution is -2.24. The molecule has 0 bridgehead atoms. The third kappa shape index (κ3) is 3.16. The Balaban J connectivity index is 1.81. The van der Waals surface area contributed by atoms with Gasteiger partial charge in [0.15, 0.2) is 0 Å². The van der Waals surface area contributed by atoms with Crippen LogP contribution in [0, 0.1) is 11.8 Å². The smallest absolute Gasteiger partial charge is 0.382 e. The second kappa shape index (κ2) is 4.58. The molecule has 0 saturated heterocycles. The molecule has 2 saturated carbocycles. The van der Waals surface area contributed by atoms with Crippen LogP contribution in [0.15, 0.2) is 18.2 Å². The maximum atomic E-state index is 12.7. The predicted molar refractivity (Wildman–Crippen MR) is 69.3 cm³/mol. The number of anilines is 1. The molecular weight excluding hydrogens is 275 g/mol. The van der Waals surface area contributed by atoms with E-state index in [1.54, 1.807) is 6.07 Å². The maximum Gasteiger partial charge on any atom is 0.416 e. The van der Waals surface area contributed by atoms with E-state index in [-0.39, 0.29) is 5.02 Å². The fourth-order valence-electron chi connectivity index (χ4n) is 2.56. The largest absolute Gasteiger partial charge is 0.416 e. The fraction of sp³-hybridized carbons (Fsp3) is 0.571.